The maximum absolute atomic E-state index is 13.5. The number of hydrogen-bond acceptors (Lipinski definition) is 7. The molecule has 2 aliphatic rings. The maximum Gasteiger partial charge on any atom is 0.257 e. The van der Waals surface area contributed by atoms with E-state index in [1.165, 1.54) is 10.4 Å². The molecule has 0 spiro atoms. The number of benzene rings is 2. The first-order valence-corrected chi connectivity index (χ1v) is 12.9. The highest BCUT2D eigenvalue weighted by Gasteiger charge is 2.29. The zero-order valence-corrected chi connectivity index (χ0v) is 20.0. The maximum atomic E-state index is 13.5. The van der Waals surface area contributed by atoms with Gasteiger partial charge in [0.25, 0.3) is 5.91 Å². The van der Waals surface area contributed by atoms with Crippen LogP contribution >= 0.6 is 0 Å². The Kier molecular flexibility index (Phi) is 6.82. The Morgan fingerprint density at radius 1 is 0.914 bits per heavy atom. The molecular weight excluding hydrogens is 470 g/mol. The van der Waals surface area contributed by atoms with E-state index in [9.17, 15) is 13.2 Å². The molecule has 1 aromatic heterocycles. The molecule has 11 heteroatoms. The van der Waals surface area contributed by atoms with Crippen LogP contribution in [-0.4, -0.2) is 81.0 Å². The molecule has 0 atom stereocenters. The van der Waals surface area contributed by atoms with Crippen LogP contribution in [0.4, 0.5) is 11.4 Å². The monoisotopic (exact) mass is 497 g/mol. The minimum absolute atomic E-state index is 0.0897. The molecule has 2 aliphatic heterocycles. The number of nitrogens with zero attached hydrogens (tertiary/aromatic N) is 4. The van der Waals surface area contributed by atoms with Gasteiger partial charge in [-0.1, -0.05) is 6.07 Å². The average molecular weight is 498 g/mol. The largest absolute Gasteiger partial charge is 0.379 e. The average Bonchev–Trinajstić information content (AvgIpc) is 3.45. The van der Waals surface area contributed by atoms with E-state index < -0.39 is 10.0 Å². The predicted octanol–water partition coefficient (Wildman–Crippen LogP) is 1.98. The lowest BCUT2D eigenvalue weighted by Crippen LogP contribution is -2.41. The summed E-state index contributed by atoms with van der Waals surface area (Å²) >= 11 is 0. The summed E-state index contributed by atoms with van der Waals surface area (Å²) in [6.45, 7) is 3.59. The third-order valence-corrected chi connectivity index (χ3v) is 7.94. The number of amides is 1. The van der Waals surface area contributed by atoms with Gasteiger partial charge in [0.1, 0.15) is 0 Å². The van der Waals surface area contributed by atoms with E-state index in [1.54, 1.807) is 29.1 Å². The van der Waals surface area contributed by atoms with Gasteiger partial charge in [0, 0.05) is 49.9 Å². The quantitative estimate of drug-likeness (QED) is 0.555. The van der Waals surface area contributed by atoms with E-state index in [1.807, 2.05) is 35.4 Å². The van der Waals surface area contributed by atoms with Crippen molar-refractivity contribution in [1.82, 2.24) is 14.1 Å². The normalized spacial score (nSPS) is 17.3. The number of sulfonamides is 1. The molecule has 1 N–H and O–H groups in total. The van der Waals surface area contributed by atoms with Gasteiger partial charge in [0.05, 0.1) is 42.6 Å². The fourth-order valence-electron chi connectivity index (χ4n) is 4.22. The summed E-state index contributed by atoms with van der Waals surface area (Å²) in [5.41, 5.74) is 2.35. The molecule has 5 rings (SSSR count). The molecule has 3 heterocycles. The number of anilines is 2. The fraction of sp³-hybridized carbons (Fsp3) is 0.333. The molecular formula is C24H27N5O5S. The van der Waals surface area contributed by atoms with E-state index in [2.05, 4.69) is 10.4 Å². The summed E-state index contributed by atoms with van der Waals surface area (Å²) in [5.74, 6) is -0.386. The summed E-state index contributed by atoms with van der Waals surface area (Å²) in [6, 6.07) is 13.9. The zero-order valence-electron chi connectivity index (χ0n) is 19.2. The summed E-state index contributed by atoms with van der Waals surface area (Å²) in [6.07, 6.45) is 3.50. The van der Waals surface area contributed by atoms with Gasteiger partial charge >= 0.3 is 0 Å². The van der Waals surface area contributed by atoms with Crippen molar-refractivity contribution in [2.75, 3.05) is 62.8 Å². The molecule has 0 bridgehead atoms. The van der Waals surface area contributed by atoms with Crippen molar-refractivity contribution < 1.29 is 22.7 Å². The molecule has 0 aliphatic carbocycles. The van der Waals surface area contributed by atoms with Gasteiger partial charge in [-0.25, -0.2) is 13.1 Å². The highest BCUT2D eigenvalue weighted by molar-refractivity contribution is 7.89. The van der Waals surface area contributed by atoms with Gasteiger partial charge in [-0.3, -0.25) is 4.79 Å². The second-order valence-electron chi connectivity index (χ2n) is 8.25. The SMILES string of the molecule is O=C(Nc1cccc(-n2cccn2)c1)c1cc(S(=O)(=O)N2CCOCC2)ccc1N1CCOCC1. The molecule has 184 valence electrons. The number of hydrogen-bond donors (Lipinski definition) is 1. The Morgan fingerprint density at radius 2 is 1.66 bits per heavy atom. The smallest absolute Gasteiger partial charge is 0.257 e. The highest BCUT2D eigenvalue weighted by atomic mass is 32.2. The topological polar surface area (TPSA) is 106 Å². The van der Waals surface area contributed by atoms with Gasteiger partial charge in [0.15, 0.2) is 0 Å². The molecule has 10 nitrogen and oxygen atoms in total. The molecule has 3 aromatic rings. The summed E-state index contributed by atoms with van der Waals surface area (Å²) in [4.78, 5) is 15.6. The third-order valence-electron chi connectivity index (χ3n) is 6.05. The zero-order chi connectivity index (χ0) is 24.3. The van der Waals surface area contributed by atoms with E-state index in [-0.39, 0.29) is 23.9 Å². The van der Waals surface area contributed by atoms with Crippen molar-refractivity contribution in [3.05, 3.63) is 66.5 Å². The van der Waals surface area contributed by atoms with Gasteiger partial charge in [-0.05, 0) is 42.5 Å². The van der Waals surface area contributed by atoms with Crippen molar-refractivity contribution in [2.45, 2.75) is 4.90 Å². The van der Waals surface area contributed by atoms with Crippen molar-refractivity contribution in [2.24, 2.45) is 0 Å². The van der Waals surface area contributed by atoms with Crippen molar-refractivity contribution in [3.63, 3.8) is 0 Å². The molecule has 2 saturated heterocycles. The first-order chi connectivity index (χ1) is 17.0. The Morgan fingerprint density at radius 3 is 2.37 bits per heavy atom. The van der Waals surface area contributed by atoms with Crippen LogP contribution in [0.1, 0.15) is 10.4 Å². The van der Waals surface area contributed by atoms with Crippen molar-refractivity contribution >= 4 is 27.3 Å². The minimum Gasteiger partial charge on any atom is -0.379 e. The van der Waals surface area contributed by atoms with E-state index in [0.29, 0.717) is 56.5 Å². The lowest BCUT2D eigenvalue weighted by molar-refractivity contribution is 0.0730. The van der Waals surface area contributed by atoms with Gasteiger partial charge in [-0.2, -0.15) is 9.40 Å². The van der Waals surface area contributed by atoms with Crippen LogP contribution < -0.4 is 10.2 Å². The molecule has 0 unspecified atom stereocenters. The number of ether oxygens (including phenoxy) is 2. The number of carbonyl (C=O) groups excluding carboxylic acids is 1. The van der Waals surface area contributed by atoms with Crippen LogP contribution in [0.3, 0.4) is 0 Å². The molecule has 2 aromatic carbocycles. The Balaban J connectivity index is 1.48. The number of rotatable bonds is 6. The standard InChI is InChI=1S/C24H27N5O5S/c30-24(26-19-3-1-4-20(17-19)29-8-2-7-25-29)22-18-21(35(31,32)28-11-15-34-16-12-28)5-6-23(22)27-9-13-33-14-10-27/h1-8,17-18H,9-16H2,(H,26,30). The Hall–Kier alpha value is -3.25. The Labute approximate surface area is 204 Å². The molecule has 2 fully saturated rings. The first kappa shape index (κ1) is 23.5. The Bertz CT molecular complexity index is 1280. The number of carbonyl (C=O) groups is 1. The molecule has 0 radical (unpaired) electrons. The van der Waals surface area contributed by atoms with Crippen LogP contribution in [0.15, 0.2) is 65.8 Å². The van der Waals surface area contributed by atoms with Crippen LogP contribution in [-0.2, 0) is 19.5 Å². The molecule has 1 amide bonds. The molecule has 35 heavy (non-hydrogen) atoms. The predicted molar refractivity (Wildman–Crippen MR) is 131 cm³/mol. The van der Waals surface area contributed by atoms with Crippen molar-refractivity contribution in [3.8, 4) is 5.69 Å². The third kappa shape index (κ3) is 5.08. The van der Waals surface area contributed by atoms with Gasteiger partial charge in [0.2, 0.25) is 10.0 Å². The van der Waals surface area contributed by atoms with Crippen molar-refractivity contribution in [1.29, 1.82) is 0 Å². The second kappa shape index (κ2) is 10.2. The molecule has 0 saturated carbocycles. The lowest BCUT2D eigenvalue weighted by Gasteiger charge is -2.31. The minimum atomic E-state index is -3.76. The van der Waals surface area contributed by atoms with E-state index in [4.69, 9.17) is 9.47 Å². The van der Waals surface area contributed by atoms with Gasteiger partial charge in [-0.15, -0.1) is 0 Å². The number of aromatic nitrogens is 2. The summed E-state index contributed by atoms with van der Waals surface area (Å²) in [7, 11) is -3.76. The summed E-state index contributed by atoms with van der Waals surface area (Å²) < 4.78 is 40.4. The van der Waals surface area contributed by atoms with Gasteiger partial charge < -0.3 is 19.7 Å². The van der Waals surface area contributed by atoms with Crippen LogP contribution in [0.25, 0.3) is 5.69 Å². The van der Waals surface area contributed by atoms with E-state index in [0.717, 1.165) is 5.69 Å². The number of nitrogens with one attached hydrogen (secondary N) is 1. The highest BCUT2D eigenvalue weighted by Crippen LogP contribution is 2.28. The van der Waals surface area contributed by atoms with Crippen LogP contribution in [0, 0.1) is 0 Å². The van der Waals surface area contributed by atoms with Crippen LogP contribution in [0.5, 0.6) is 0 Å². The second-order valence-corrected chi connectivity index (χ2v) is 10.2. The first-order valence-electron chi connectivity index (χ1n) is 11.5. The summed E-state index contributed by atoms with van der Waals surface area (Å²) in [5, 5.41) is 7.16. The fourth-order valence-corrected chi connectivity index (χ4v) is 5.65. The number of morpholine rings is 2. The lowest BCUT2D eigenvalue weighted by atomic mass is 10.1. The van der Waals surface area contributed by atoms with E-state index >= 15 is 0 Å². The van der Waals surface area contributed by atoms with Crippen LogP contribution in [0.2, 0.25) is 0 Å².